The number of sulfone groups is 1. The highest BCUT2D eigenvalue weighted by Gasteiger charge is 2.65. The van der Waals surface area contributed by atoms with Crippen LogP contribution in [0.5, 0.6) is 0 Å². The van der Waals surface area contributed by atoms with Gasteiger partial charge in [-0.3, -0.25) is 0 Å². The van der Waals surface area contributed by atoms with E-state index in [-0.39, 0.29) is 77.9 Å². The zero-order valence-electron chi connectivity index (χ0n) is 28.0. The van der Waals surface area contributed by atoms with E-state index in [1.54, 1.807) is 30.3 Å². The lowest BCUT2D eigenvalue weighted by molar-refractivity contribution is -0.290. The van der Waals surface area contributed by atoms with Crippen LogP contribution in [0.1, 0.15) is 117 Å². The van der Waals surface area contributed by atoms with Crippen LogP contribution in [0.4, 0.5) is 22.0 Å². The quantitative estimate of drug-likeness (QED) is 0.280. The Morgan fingerprint density at radius 1 is 0.830 bits per heavy atom. The highest BCUT2D eigenvalue weighted by Crippen LogP contribution is 2.69. The Bertz CT molecular complexity index is 1390. The van der Waals surface area contributed by atoms with Gasteiger partial charge in [-0.15, -0.1) is 0 Å². The Kier molecular flexibility index (Phi) is 9.02. The van der Waals surface area contributed by atoms with E-state index >= 15 is 0 Å². The molecule has 5 fully saturated rings. The van der Waals surface area contributed by atoms with Crippen molar-refractivity contribution >= 4 is 9.84 Å². The molecule has 6 rings (SSSR count). The minimum absolute atomic E-state index is 0.0428. The number of benzene rings is 1. The minimum Gasteiger partial charge on any atom is -0.390 e. The van der Waals surface area contributed by atoms with Crippen molar-refractivity contribution < 1.29 is 40.6 Å². The van der Waals surface area contributed by atoms with Crippen molar-refractivity contribution in [1.82, 2.24) is 0 Å². The molecule has 266 valence electrons. The number of alkyl halides is 5. The van der Waals surface area contributed by atoms with Crippen LogP contribution in [0.15, 0.2) is 35.2 Å². The Morgan fingerprint density at radius 2 is 1.47 bits per heavy atom. The molecule has 1 aromatic carbocycles. The predicted molar refractivity (Wildman–Crippen MR) is 170 cm³/mol. The fourth-order valence-corrected chi connectivity index (χ4v) is 14.0. The van der Waals surface area contributed by atoms with Gasteiger partial charge in [-0.1, -0.05) is 39.0 Å². The van der Waals surface area contributed by atoms with Gasteiger partial charge in [0.2, 0.25) is 5.92 Å². The monoisotopic (exact) mass is 688 g/mol. The van der Waals surface area contributed by atoms with Gasteiger partial charge in [0, 0.05) is 12.8 Å². The van der Waals surface area contributed by atoms with Gasteiger partial charge < -0.3 is 10.2 Å². The molecule has 4 nitrogen and oxygen atoms in total. The third kappa shape index (κ3) is 6.10. The summed E-state index contributed by atoms with van der Waals surface area (Å²) in [5.41, 5.74) is -4.29. The Balaban J connectivity index is 1.23. The van der Waals surface area contributed by atoms with E-state index in [4.69, 9.17) is 0 Å². The second-order valence-corrected chi connectivity index (χ2v) is 19.2. The average molecular weight is 689 g/mol. The van der Waals surface area contributed by atoms with Crippen LogP contribution in [0, 0.1) is 46.3 Å². The van der Waals surface area contributed by atoms with Crippen molar-refractivity contribution in [2.75, 3.05) is 0 Å². The zero-order valence-corrected chi connectivity index (χ0v) is 28.9. The number of fused-ring (bicyclic) bond motifs is 5. The van der Waals surface area contributed by atoms with E-state index in [0.29, 0.717) is 24.7 Å². The largest absolute Gasteiger partial charge is 0.417 e. The fourth-order valence-electron chi connectivity index (χ4n) is 11.9. The van der Waals surface area contributed by atoms with E-state index in [1.807, 2.05) is 6.92 Å². The Morgan fingerprint density at radius 3 is 2.11 bits per heavy atom. The second kappa shape index (κ2) is 11.9. The van der Waals surface area contributed by atoms with Crippen molar-refractivity contribution in [3.05, 3.63) is 30.3 Å². The number of rotatable bonds is 7. The summed E-state index contributed by atoms with van der Waals surface area (Å²) in [6, 6.07) is 8.40. The van der Waals surface area contributed by atoms with Gasteiger partial charge in [0.1, 0.15) is 0 Å². The standard InChI is InChI=1S/C37H53F5O4S/c1-24(31(47(45,46)26-7-5-4-6-8-26)14-16-34(43)18-21-36(38,39)22-19-34)28-11-12-29-27-10-9-25-23-35(44,37(40,41)42)20-17-32(25,2)30(27)13-15-33(28,29)3/h4-8,24-25,27-31,43-44H,9-23H2,1-3H3/t24-,25+,27+,28+,29+,30+,31?,32+,33-,35+/m1/s1. The van der Waals surface area contributed by atoms with Crippen molar-refractivity contribution in [3.8, 4) is 0 Å². The zero-order chi connectivity index (χ0) is 34.3. The van der Waals surface area contributed by atoms with E-state index < -0.39 is 51.2 Å². The fraction of sp³-hybridized carbons (Fsp3) is 0.838. The van der Waals surface area contributed by atoms with E-state index in [2.05, 4.69) is 13.8 Å². The van der Waals surface area contributed by atoms with Gasteiger partial charge in [-0.05, 0) is 142 Å². The molecule has 1 unspecified atom stereocenters. The molecule has 2 N–H and O–H groups in total. The summed E-state index contributed by atoms with van der Waals surface area (Å²) >= 11 is 0. The van der Waals surface area contributed by atoms with Gasteiger partial charge >= 0.3 is 6.18 Å². The van der Waals surface area contributed by atoms with E-state index in [0.717, 1.165) is 32.1 Å². The summed E-state index contributed by atoms with van der Waals surface area (Å²) in [7, 11) is -3.80. The summed E-state index contributed by atoms with van der Waals surface area (Å²) in [4.78, 5) is 0.241. The maximum atomic E-state index is 14.3. The molecular formula is C37H53F5O4S. The molecular weight excluding hydrogens is 635 g/mol. The van der Waals surface area contributed by atoms with E-state index in [9.17, 15) is 40.6 Å². The highest BCUT2D eigenvalue weighted by molar-refractivity contribution is 7.92. The second-order valence-electron chi connectivity index (χ2n) is 17.0. The Hall–Kier alpha value is -1.26. The van der Waals surface area contributed by atoms with Crippen LogP contribution < -0.4 is 0 Å². The SMILES string of the molecule is C[C@@H](C(CCC1(O)CCC(F)(F)CC1)S(=O)(=O)c1ccccc1)[C@@H]1CC[C@H]2[C@@H]3CC[C@H]4C[C@](O)(C(F)(F)F)CC[C@]4(C)[C@H]3CC[C@@]21C. The highest BCUT2D eigenvalue weighted by atomic mass is 32.2. The van der Waals surface area contributed by atoms with Crippen molar-refractivity contribution in [2.45, 2.75) is 151 Å². The van der Waals surface area contributed by atoms with Crippen LogP contribution in [0.3, 0.4) is 0 Å². The lowest BCUT2D eigenvalue weighted by Crippen LogP contribution is -2.59. The number of hydrogen-bond donors (Lipinski definition) is 2. The lowest BCUT2D eigenvalue weighted by atomic mass is 9.43. The smallest absolute Gasteiger partial charge is 0.390 e. The van der Waals surface area contributed by atoms with Crippen molar-refractivity contribution in [2.24, 2.45) is 46.3 Å². The van der Waals surface area contributed by atoms with Gasteiger partial charge in [0.25, 0.3) is 0 Å². The summed E-state index contributed by atoms with van der Waals surface area (Å²) in [6.07, 6.45) is -0.135. The summed E-state index contributed by atoms with van der Waals surface area (Å²) in [5, 5.41) is 21.1. The molecule has 5 aliphatic rings. The van der Waals surface area contributed by atoms with Crippen molar-refractivity contribution in [1.29, 1.82) is 0 Å². The molecule has 0 saturated heterocycles. The average Bonchev–Trinajstić information content (AvgIpc) is 3.36. The summed E-state index contributed by atoms with van der Waals surface area (Å²) in [6.45, 7) is 6.51. The molecule has 47 heavy (non-hydrogen) atoms. The first kappa shape index (κ1) is 35.6. The molecule has 5 aliphatic carbocycles. The predicted octanol–water partition coefficient (Wildman–Crippen LogP) is 9.14. The normalized spacial score (nSPS) is 41.3. The summed E-state index contributed by atoms with van der Waals surface area (Å²) < 4.78 is 98.0. The number of hydrogen-bond acceptors (Lipinski definition) is 4. The van der Waals surface area contributed by atoms with Gasteiger partial charge in [0.05, 0.1) is 15.7 Å². The molecule has 0 bridgehead atoms. The first-order valence-corrected chi connectivity index (χ1v) is 19.5. The molecule has 10 heteroatoms. The molecule has 1 aromatic rings. The number of halogens is 5. The van der Waals surface area contributed by atoms with Gasteiger partial charge in [0.15, 0.2) is 15.4 Å². The molecule has 0 amide bonds. The molecule has 0 heterocycles. The molecule has 0 aliphatic heterocycles. The van der Waals surface area contributed by atoms with E-state index in [1.165, 1.54) is 0 Å². The summed E-state index contributed by atoms with van der Waals surface area (Å²) in [5.74, 6) is -2.10. The molecule has 0 spiro atoms. The maximum absolute atomic E-state index is 14.3. The van der Waals surface area contributed by atoms with Gasteiger partial charge in [-0.2, -0.15) is 13.2 Å². The first-order valence-electron chi connectivity index (χ1n) is 17.9. The van der Waals surface area contributed by atoms with Crippen LogP contribution in [0.2, 0.25) is 0 Å². The molecule has 0 aromatic heterocycles. The molecule has 10 atom stereocenters. The van der Waals surface area contributed by atoms with Crippen molar-refractivity contribution in [3.63, 3.8) is 0 Å². The van der Waals surface area contributed by atoms with Crippen LogP contribution in [-0.2, 0) is 9.84 Å². The van der Waals surface area contributed by atoms with Crippen LogP contribution >= 0.6 is 0 Å². The molecule has 0 radical (unpaired) electrons. The molecule has 5 saturated carbocycles. The minimum atomic E-state index is -4.63. The first-order chi connectivity index (χ1) is 21.7. The third-order valence-corrected chi connectivity index (χ3v) is 17.2. The topological polar surface area (TPSA) is 74.6 Å². The maximum Gasteiger partial charge on any atom is 0.417 e. The van der Waals surface area contributed by atoms with Crippen LogP contribution in [-0.4, -0.2) is 47.2 Å². The third-order valence-electron chi connectivity index (χ3n) is 14.8. The number of aliphatic hydroxyl groups is 2. The lowest BCUT2D eigenvalue weighted by Gasteiger charge is -2.62. The van der Waals surface area contributed by atoms with Crippen LogP contribution in [0.25, 0.3) is 0 Å². The van der Waals surface area contributed by atoms with Gasteiger partial charge in [-0.25, -0.2) is 17.2 Å². The Labute approximate surface area is 277 Å².